The van der Waals surface area contributed by atoms with Crippen LogP contribution in [0.25, 0.3) is 0 Å². The molecular formula is C19H26N2O5S. The Morgan fingerprint density at radius 1 is 0.889 bits per heavy atom. The summed E-state index contributed by atoms with van der Waals surface area (Å²) >= 11 is 0. The highest BCUT2D eigenvalue weighted by Crippen LogP contribution is 2.31. The summed E-state index contributed by atoms with van der Waals surface area (Å²) < 4.78 is 38.3. The molecule has 0 N–H and O–H groups in total. The molecule has 27 heavy (non-hydrogen) atoms. The van der Waals surface area contributed by atoms with Crippen LogP contribution in [0, 0.1) is 0 Å². The molecule has 3 aliphatic rings. The molecule has 7 nitrogen and oxygen atoms in total. The lowest BCUT2D eigenvalue weighted by molar-refractivity contribution is -0.281. The molecule has 148 valence electrons. The number of carbonyl (C=O) groups is 1. The van der Waals surface area contributed by atoms with Crippen molar-refractivity contribution in [1.29, 1.82) is 0 Å². The molecule has 1 spiro atoms. The van der Waals surface area contributed by atoms with Crippen LogP contribution in [-0.4, -0.2) is 68.7 Å². The molecule has 0 aliphatic carbocycles. The molecule has 3 heterocycles. The molecule has 3 fully saturated rings. The van der Waals surface area contributed by atoms with E-state index < -0.39 is 15.8 Å². The van der Waals surface area contributed by atoms with Gasteiger partial charge >= 0.3 is 0 Å². The van der Waals surface area contributed by atoms with Crippen molar-refractivity contribution in [2.45, 2.75) is 42.8 Å². The molecule has 1 aromatic rings. The minimum absolute atomic E-state index is 0.0780. The molecule has 0 aromatic heterocycles. The fourth-order valence-electron chi connectivity index (χ4n) is 3.99. The summed E-state index contributed by atoms with van der Waals surface area (Å²) in [5, 5.41) is 0. The minimum Gasteiger partial charge on any atom is -0.350 e. The first-order valence-electron chi connectivity index (χ1n) is 9.68. The van der Waals surface area contributed by atoms with Gasteiger partial charge in [-0.05, 0) is 43.5 Å². The highest BCUT2D eigenvalue weighted by Gasteiger charge is 2.39. The van der Waals surface area contributed by atoms with Crippen LogP contribution < -0.4 is 0 Å². The van der Waals surface area contributed by atoms with Crippen molar-refractivity contribution < 1.29 is 22.7 Å². The average molecular weight is 394 g/mol. The number of sulfonamides is 1. The number of nitrogens with zero attached hydrogens (tertiary/aromatic N) is 2. The number of piperidine rings is 1. The van der Waals surface area contributed by atoms with Gasteiger partial charge in [0.15, 0.2) is 5.79 Å². The summed E-state index contributed by atoms with van der Waals surface area (Å²) in [6, 6.07) is 6.31. The summed E-state index contributed by atoms with van der Waals surface area (Å²) in [6.45, 7) is 3.71. The Morgan fingerprint density at radius 2 is 1.48 bits per heavy atom. The number of hydrogen-bond acceptors (Lipinski definition) is 5. The smallest absolute Gasteiger partial charge is 0.253 e. The highest BCUT2D eigenvalue weighted by atomic mass is 32.2. The van der Waals surface area contributed by atoms with Crippen LogP contribution in [0.1, 0.15) is 42.5 Å². The summed E-state index contributed by atoms with van der Waals surface area (Å²) in [5.74, 6) is -0.603. The third-order valence-electron chi connectivity index (χ3n) is 5.64. The van der Waals surface area contributed by atoms with Crippen molar-refractivity contribution in [3.63, 3.8) is 0 Å². The minimum atomic E-state index is -3.45. The number of hydrogen-bond donors (Lipinski definition) is 0. The molecule has 0 saturated carbocycles. The van der Waals surface area contributed by atoms with E-state index in [-0.39, 0.29) is 10.8 Å². The van der Waals surface area contributed by atoms with Gasteiger partial charge in [-0.15, -0.1) is 0 Å². The summed E-state index contributed by atoms with van der Waals surface area (Å²) in [5.41, 5.74) is 0.511. The van der Waals surface area contributed by atoms with E-state index >= 15 is 0 Å². The first-order valence-corrected chi connectivity index (χ1v) is 11.1. The van der Waals surface area contributed by atoms with Gasteiger partial charge in [-0.2, -0.15) is 4.31 Å². The van der Waals surface area contributed by atoms with Gasteiger partial charge in [0.25, 0.3) is 5.91 Å². The Morgan fingerprint density at radius 3 is 2.07 bits per heavy atom. The van der Waals surface area contributed by atoms with Crippen molar-refractivity contribution in [3.8, 4) is 0 Å². The number of benzene rings is 1. The Bertz CT molecular complexity index is 771. The number of amides is 1. The molecular weight excluding hydrogens is 368 g/mol. The standard InChI is InChI=1S/C19H26N2O5S/c22-18(20-12-8-19(9-13-20)25-14-3-15-26-19)16-4-6-17(7-5-16)27(23,24)21-10-1-2-11-21/h4-7H,1-3,8-15H2. The molecule has 0 atom stereocenters. The van der Waals surface area contributed by atoms with Crippen molar-refractivity contribution in [2.75, 3.05) is 39.4 Å². The third-order valence-corrected chi connectivity index (χ3v) is 7.55. The van der Waals surface area contributed by atoms with Gasteiger partial charge in [0.05, 0.1) is 18.1 Å². The third kappa shape index (κ3) is 3.76. The first-order chi connectivity index (χ1) is 13.0. The lowest BCUT2D eigenvalue weighted by atomic mass is 10.0. The molecule has 1 aromatic carbocycles. The maximum absolute atomic E-state index is 12.8. The Labute approximate surface area is 160 Å². The molecule has 0 radical (unpaired) electrons. The van der Waals surface area contributed by atoms with E-state index in [2.05, 4.69) is 0 Å². The van der Waals surface area contributed by atoms with E-state index in [9.17, 15) is 13.2 Å². The molecule has 3 aliphatic heterocycles. The van der Waals surface area contributed by atoms with Crippen molar-refractivity contribution in [3.05, 3.63) is 29.8 Å². The van der Waals surface area contributed by atoms with E-state index in [1.54, 1.807) is 29.2 Å². The molecule has 3 saturated heterocycles. The van der Waals surface area contributed by atoms with Gasteiger partial charge in [-0.3, -0.25) is 4.79 Å². The van der Waals surface area contributed by atoms with Crippen molar-refractivity contribution in [2.24, 2.45) is 0 Å². The van der Waals surface area contributed by atoms with Crippen molar-refractivity contribution >= 4 is 15.9 Å². The molecule has 0 bridgehead atoms. The monoisotopic (exact) mass is 394 g/mol. The lowest BCUT2D eigenvalue weighted by Crippen LogP contribution is -2.51. The van der Waals surface area contributed by atoms with E-state index in [0.29, 0.717) is 57.8 Å². The Balaban J connectivity index is 1.41. The fraction of sp³-hybridized carbons (Fsp3) is 0.632. The Hall–Kier alpha value is -1.48. The van der Waals surface area contributed by atoms with Crippen LogP contribution in [0.15, 0.2) is 29.2 Å². The van der Waals surface area contributed by atoms with E-state index in [1.165, 1.54) is 4.31 Å². The van der Waals surface area contributed by atoms with Gasteiger partial charge < -0.3 is 14.4 Å². The second-order valence-corrected chi connectivity index (χ2v) is 9.33. The zero-order valence-corrected chi connectivity index (χ0v) is 16.2. The second-order valence-electron chi connectivity index (χ2n) is 7.39. The second kappa shape index (κ2) is 7.50. The van der Waals surface area contributed by atoms with Crippen LogP contribution in [0.3, 0.4) is 0 Å². The summed E-state index contributed by atoms with van der Waals surface area (Å²) in [7, 11) is -3.45. The van der Waals surface area contributed by atoms with E-state index in [1.807, 2.05) is 0 Å². The maximum atomic E-state index is 12.8. The molecule has 4 rings (SSSR count). The first kappa shape index (κ1) is 18.9. The van der Waals surface area contributed by atoms with E-state index in [4.69, 9.17) is 9.47 Å². The zero-order valence-electron chi connectivity index (χ0n) is 15.4. The largest absolute Gasteiger partial charge is 0.350 e. The normalized spacial score (nSPS) is 23.6. The fourth-order valence-corrected chi connectivity index (χ4v) is 5.50. The number of ether oxygens (including phenoxy) is 2. The lowest BCUT2D eigenvalue weighted by Gasteiger charge is -2.43. The van der Waals surface area contributed by atoms with Crippen LogP contribution in [0.2, 0.25) is 0 Å². The molecule has 8 heteroatoms. The summed E-state index contributed by atoms with van der Waals surface area (Å²) in [6.07, 6.45) is 4.05. The van der Waals surface area contributed by atoms with E-state index in [0.717, 1.165) is 19.3 Å². The SMILES string of the molecule is O=C(c1ccc(S(=O)(=O)N2CCCC2)cc1)N1CCC2(CC1)OCCCO2. The average Bonchev–Trinajstić information content (AvgIpc) is 3.25. The van der Waals surface area contributed by atoms with Crippen LogP contribution in [-0.2, 0) is 19.5 Å². The molecule has 1 amide bonds. The number of likely N-dealkylation sites (tertiary alicyclic amines) is 1. The topological polar surface area (TPSA) is 76.2 Å². The summed E-state index contributed by atoms with van der Waals surface area (Å²) in [4.78, 5) is 14.8. The quantitative estimate of drug-likeness (QED) is 0.782. The maximum Gasteiger partial charge on any atom is 0.253 e. The predicted molar refractivity (Wildman–Crippen MR) is 98.8 cm³/mol. The van der Waals surface area contributed by atoms with Gasteiger partial charge in [-0.25, -0.2) is 8.42 Å². The highest BCUT2D eigenvalue weighted by molar-refractivity contribution is 7.89. The zero-order chi connectivity index (χ0) is 18.9. The number of rotatable bonds is 3. The predicted octanol–water partition coefficient (Wildman–Crippen LogP) is 1.84. The van der Waals surface area contributed by atoms with Crippen LogP contribution >= 0.6 is 0 Å². The van der Waals surface area contributed by atoms with Crippen LogP contribution in [0.5, 0.6) is 0 Å². The van der Waals surface area contributed by atoms with Gasteiger partial charge in [-0.1, -0.05) is 0 Å². The molecule has 0 unspecified atom stereocenters. The number of carbonyl (C=O) groups excluding carboxylic acids is 1. The Kier molecular flexibility index (Phi) is 5.24. The van der Waals surface area contributed by atoms with Gasteiger partial charge in [0.1, 0.15) is 0 Å². The van der Waals surface area contributed by atoms with Gasteiger partial charge in [0.2, 0.25) is 10.0 Å². The van der Waals surface area contributed by atoms with Crippen molar-refractivity contribution in [1.82, 2.24) is 9.21 Å². The van der Waals surface area contributed by atoms with Crippen LogP contribution in [0.4, 0.5) is 0 Å². The van der Waals surface area contributed by atoms with Gasteiger partial charge in [0, 0.05) is 44.6 Å².